The fraction of sp³-hybridized carbons (Fsp3) is 0.786. The van der Waals surface area contributed by atoms with Crippen molar-refractivity contribution in [2.24, 2.45) is 11.3 Å². The first-order valence-corrected chi connectivity index (χ1v) is 6.36. The fourth-order valence-corrected chi connectivity index (χ4v) is 4.03. The second kappa shape index (κ2) is 2.98. The van der Waals surface area contributed by atoms with Gasteiger partial charge in [-0.25, -0.2) is 0 Å². The highest BCUT2D eigenvalue weighted by molar-refractivity contribution is 5.87. The van der Waals surface area contributed by atoms with Crippen molar-refractivity contribution in [2.45, 2.75) is 57.7 Å². The quantitative estimate of drug-likeness (QED) is 0.587. The van der Waals surface area contributed by atoms with Crippen LogP contribution in [0.2, 0.25) is 0 Å². The smallest absolute Gasteiger partial charge is 0.141 e. The Balaban J connectivity index is 2.06. The van der Waals surface area contributed by atoms with Crippen molar-refractivity contribution in [3.05, 3.63) is 12.2 Å². The number of carbonyl (C=O) groups is 1. The number of ether oxygens (including phenoxy) is 1. The lowest BCUT2D eigenvalue weighted by Crippen LogP contribution is -2.58. The third-order valence-corrected chi connectivity index (χ3v) is 5.08. The van der Waals surface area contributed by atoms with E-state index in [1.54, 1.807) is 0 Å². The number of fused-ring (bicyclic) bond motifs is 1. The number of rotatable bonds is 0. The molecule has 2 nitrogen and oxygen atoms in total. The van der Waals surface area contributed by atoms with Crippen molar-refractivity contribution >= 4 is 5.78 Å². The lowest BCUT2D eigenvalue weighted by atomic mass is 9.58. The molecule has 4 atom stereocenters. The maximum Gasteiger partial charge on any atom is 0.141 e. The van der Waals surface area contributed by atoms with Crippen molar-refractivity contribution in [2.75, 3.05) is 0 Å². The van der Waals surface area contributed by atoms with E-state index in [0.717, 1.165) is 32.1 Å². The lowest BCUT2D eigenvalue weighted by molar-refractivity contribution is -0.190. The Hall–Kier alpha value is -0.630. The van der Waals surface area contributed by atoms with Crippen molar-refractivity contribution in [1.29, 1.82) is 0 Å². The predicted octanol–water partition coefficient (Wildman–Crippen LogP) is 2.87. The van der Waals surface area contributed by atoms with E-state index in [9.17, 15) is 4.79 Å². The zero-order chi connectivity index (χ0) is 11.6. The number of ketones is 1. The Kier molecular flexibility index (Phi) is 1.96. The second-order valence-electron chi connectivity index (χ2n) is 6.24. The fourth-order valence-electron chi connectivity index (χ4n) is 4.03. The summed E-state index contributed by atoms with van der Waals surface area (Å²) in [5, 5.41) is 0. The van der Waals surface area contributed by atoms with E-state index in [-0.39, 0.29) is 17.1 Å². The molecule has 0 N–H and O–H groups in total. The van der Waals surface area contributed by atoms with Gasteiger partial charge in [-0.3, -0.25) is 4.79 Å². The highest BCUT2D eigenvalue weighted by Crippen LogP contribution is 2.59. The van der Waals surface area contributed by atoms with E-state index in [1.807, 2.05) is 0 Å². The van der Waals surface area contributed by atoms with Crippen LogP contribution < -0.4 is 0 Å². The Morgan fingerprint density at radius 1 is 1.50 bits per heavy atom. The van der Waals surface area contributed by atoms with E-state index < -0.39 is 0 Å². The molecule has 0 aromatic carbocycles. The zero-order valence-corrected chi connectivity index (χ0v) is 10.2. The van der Waals surface area contributed by atoms with Gasteiger partial charge in [0, 0.05) is 12.8 Å². The van der Waals surface area contributed by atoms with Crippen LogP contribution >= 0.6 is 0 Å². The molecule has 1 saturated carbocycles. The third kappa shape index (κ3) is 1.09. The van der Waals surface area contributed by atoms with Crippen molar-refractivity contribution in [1.82, 2.24) is 0 Å². The topological polar surface area (TPSA) is 26.3 Å². The third-order valence-electron chi connectivity index (χ3n) is 5.08. The summed E-state index contributed by atoms with van der Waals surface area (Å²) < 4.78 is 6.22. The van der Waals surface area contributed by atoms with Gasteiger partial charge in [-0.1, -0.05) is 13.5 Å². The zero-order valence-electron chi connectivity index (χ0n) is 10.2. The highest BCUT2D eigenvalue weighted by Gasteiger charge is 2.63. The molecule has 2 aliphatic heterocycles. The molecule has 2 heteroatoms. The molecule has 16 heavy (non-hydrogen) atoms. The molecule has 88 valence electrons. The second-order valence-corrected chi connectivity index (χ2v) is 6.24. The normalized spacial score (nSPS) is 51.6. The van der Waals surface area contributed by atoms with Gasteiger partial charge in [-0.15, -0.1) is 0 Å². The first-order valence-electron chi connectivity index (χ1n) is 6.36. The van der Waals surface area contributed by atoms with Crippen LogP contribution in [0.4, 0.5) is 0 Å². The molecular weight excluding hydrogens is 200 g/mol. The van der Waals surface area contributed by atoms with Crippen LogP contribution in [0.3, 0.4) is 0 Å². The van der Waals surface area contributed by atoms with Gasteiger partial charge in [0.05, 0.1) is 17.1 Å². The molecule has 0 radical (unpaired) electrons. The standard InChI is InChI=1S/C14H20O2/c1-9-6-12(15)13(3)5-4-11-10(2)8-14(13,7-9)16-11/h9,11H,2,4-8H2,1,3H3. The Labute approximate surface area is 97.1 Å². The van der Waals surface area contributed by atoms with Gasteiger partial charge in [0.2, 0.25) is 0 Å². The molecule has 3 fully saturated rings. The van der Waals surface area contributed by atoms with Gasteiger partial charge in [0.1, 0.15) is 5.78 Å². The molecular formula is C14H20O2. The minimum atomic E-state index is -0.241. The maximum atomic E-state index is 12.3. The van der Waals surface area contributed by atoms with Crippen molar-refractivity contribution in [3.63, 3.8) is 0 Å². The largest absolute Gasteiger partial charge is 0.366 e. The molecule has 1 spiro atoms. The van der Waals surface area contributed by atoms with E-state index in [2.05, 4.69) is 20.4 Å². The molecule has 4 unspecified atom stereocenters. The predicted molar refractivity (Wildman–Crippen MR) is 62.1 cm³/mol. The highest BCUT2D eigenvalue weighted by atomic mass is 16.5. The molecule has 2 heterocycles. The molecule has 0 aromatic heterocycles. The summed E-state index contributed by atoms with van der Waals surface area (Å²) >= 11 is 0. The Morgan fingerprint density at radius 3 is 3.00 bits per heavy atom. The summed E-state index contributed by atoms with van der Waals surface area (Å²) in [6, 6.07) is 0. The molecule has 2 saturated heterocycles. The van der Waals surface area contributed by atoms with E-state index in [1.165, 1.54) is 5.57 Å². The van der Waals surface area contributed by atoms with Gasteiger partial charge in [-0.05, 0) is 37.7 Å². The van der Waals surface area contributed by atoms with Crippen LogP contribution in [-0.4, -0.2) is 17.5 Å². The number of carbonyl (C=O) groups excluding carboxylic acids is 1. The first kappa shape index (κ1) is 10.5. The summed E-state index contributed by atoms with van der Waals surface area (Å²) in [4.78, 5) is 12.3. The molecule has 1 aliphatic carbocycles. The summed E-state index contributed by atoms with van der Waals surface area (Å²) in [7, 11) is 0. The molecule has 3 aliphatic rings. The van der Waals surface area contributed by atoms with E-state index in [4.69, 9.17) is 4.74 Å². The summed E-state index contributed by atoms with van der Waals surface area (Å²) in [5.41, 5.74) is 0.766. The molecule has 0 amide bonds. The van der Waals surface area contributed by atoms with E-state index in [0.29, 0.717) is 11.7 Å². The maximum absolute atomic E-state index is 12.3. The van der Waals surface area contributed by atoms with Crippen LogP contribution in [0.15, 0.2) is 12.2 Å². The molecule has 3 rings (SSSR count). The number of hydrogen-bond donors (Lipinski definition) is 0. The lowest BCUT2D eigenvalue weighted by Gasteiger charge is -2.52. The van der Waals surface area contributed by atoms with Crippen LogP contribution in [0.25, 0.3) is 0 Å². The van der Waals surface area contributed by atoms with Gasteiger partial charge >= 0.3 is 0 Å². The van der Waals surface area contributed by atoms with Crippen molar-refractivity contribution < 1.29 is 9.53 Å². The minimum Gasteiger partial charge on any atom is -0.366 e. The summed E-state index contributed by atoms with van der Waals surface area (Å²) in [6.07, 6.45) is 4.87. The van der Waals surface area contributed by atoms with Crippen LogP contribution in [0.5, 0.6) is 0 Å². The van der Waals surface area contributed by atoms with Gasteiger partial charge < -0.3 is 4.74 Å². The monoisotopic (exact) mass is 220 g/mol. The van der Waals surface area contributed by atoms with Gasteiger partial charge in [0.15, 0.2) is 0 Å². The average Bonchev–Trinajstić information content (AvgIpc) is 2.45. The average molecular weight is 220 g/mol. The number of Topliss-reactive ketones (excluding diaryl/α,β-unsaturated/α-hetero) is 1. The van der Waals surface area contributed by atoms with Crippen LogP contribution in [0.1, 0.15) is 46.0 Å². The Bertz CT molecular complexity index is 373. The minimum absolute atomic E-state index is 0.207. The first-order chi connectivity index (χ1) is 7.47. The SMILES string of the molecule is C=C1CC23CC(C)CC(=O)C2(C)CCC1O3. The molecule has 2 bridgehead atoms. The Morgan fingerprint density at radius 2 is 2.25 bits per heavy atom. The van der Waals surface area contributed by atoms with Gasteiger partial charge in [0.25, 0.3) is 0 Å². The molecule has 0 aromatic rings. The van der Waals surface area contributed by atoms with Crippen LogP contribution in [0, 0.1) is 11.3 Å². The van der Waals surface area contributed by atoms with Crippen molar-refractivity contribution in [3.8, 4) is 0 Å². The summed E-state index contributed by atoms with van der Waals surface area (Å²) in [5.74, 6) is 0.879. The van der Waals surface area contributed by atoms with E-state index >= 15 is 0 Å². The van der Waals surface area contributed by atoms with Gasteiger partial charge in [-0.2, -0.15) is 0 Å². The van der Waals surface area contributed by atoms with Crippen LogP contribution in [-0.2, 0) is 9.53 Å². The summed E-state index contributed by atoms with van der Waals surface area (Å²) in [6.45, 7) is 8.42. The number of hydrogen-bond acceptors (Lipinski definition) is 2.